The first kappa shape index (κ1) is 22.3. The van der Waals surface area contributed by atoms with Crippen molar-refractivity contribution in [3.8, 4) is 11.3 Å². The number of nitrogens with one attached hydrogen (secondary N) is 1. The molecule has 1 N–H and O–H groups in total. The van der Waals surface area contributed by atoms with E-state index in [2.05, 4.69) is 10.3 Å². The summed E-state index contributed by atoms with van der Waals surface area (Å²) in [7, 11) is 0. The van der Waals surface area contributed by atoms with Gasteiger partial charge in [-0.25, -0.2) is 18.6 Å². The number of nitrogens with zero attached hydrogens (tertiary/aromatic N) is 1. The van der Waals surface area contributed by atoms with Crippen LogP contribution in [0.15, 0.2) is 47.8 Å². The molecule has 3 aromatic rings. The molecular weight excluding hydrogens is 443 g/mol. The number of hydrogen-bond acceptors (Lipinski definition) is 5. The summed E-state index contributed by atoms with van der Waals surface area (Å²) in [6, 6.07) is 6.84. The predicted molar refractivity (Wildman–Crippen MR) is 102 cm³/mol. The van der Waals surface area contributed by atoms with Gasteiger partial charge in [-0.3, -0.25) is 10.1 Å². The number of thiazole rings is 1. The molecule has 0 aliphatic rings. The van der Waals surface area contributed by atoms with E-state index >= 15 is 0 Å². The Bertz CT molecular complexity index is 1130. The molecule has 0 radical (unpaired) electrons. The van der Waals surface area contributed by atoms with Crippen molar-refractivity contribution in [1.82, 2.24) is 4.98 Å². The minimum absolute atomic E-state index is 0.103. The number of rotatable bonds is 5. The topological polar surface area (TPSA) is 68.3 Å². The average Bonchev–Trinajstić information content (AvgIpc) is 3.17. The fourth-order valence-corrected chi connectivity index (χ4v) is 3.15. The highest BCUT2D eigenvalue weighted by molar-refractivity contribution is 7.14. The van der Waals surface area contributed by atoms with E-state index in [0.29, 0.717) is 11.6 Å². The van der Waals surface area contributed by atoms with Gasteiger partial charge in [0.05, 0.1) is 16.8 Å². The number of halogens is 5. The van der Waals surface area contributed by atoms with Gasteiger partial charge in [0.1, 0.15) is 0 Å². The van der Waals surface area contributed by atoms with Crippen LogP contribution in [0.1, 0.15) is 22.8 Å². The van der Waals surface area contributed by atoms with Gasteiger partial charge >= 0.3 is 12.1 Å². The number of amides is 1. The van der Waals surface area contributed by atoms with Gasteiger partial charge in [-0.2, -0.15) is 13.2 Å². The maximum atomic E-state index is 13.4. The number of alkyl halides is 3. The summed E-state index contributed by atoms with van der Waals surface area (Å²) < 4.78 is 69.6. The Morgan fingerprint density at radius 2 is 1.84 bits per heavy atom. The SMILES string of the molecule is C[C@H](OC(=O)c1cccc(C(F)(F)F)c1)C(=O)Nc1nc(-c2ccc(F)c(F)c2)cs1. The third kappa shape index (κ3) is 5.43. The van der Waals surface area contributed by atoms with Gasteiger partial charge in [-0.15, -0.1) is 11.3 Å². The molecule has 162 valence electrons. The number of ether oxygens (including phenoxy) is 1. The standard InChI is InChI=1S/C20H13F5N2O3S/c1-10(30-18(29)12-3-2-4-13(7-12)20(23,24)25)17(28)27-19-26-16(9-31-19)11-5-6-14(21)15(22)8-11/h2-10H,1H3,(H,26,27,28)/t10-/m0/s1. The van der Waals surface area contributed by atoms with Crippen LogP contribution in [0.2, 0.25) is 0 Å². The van der Waals surface area contributed by atoms with Crippen molar-refractivity contribution in [2.75, 3.05) is 5.32 Å². The molecule has 3 rings (SSSR count). The zero-order valence-electron chi connectivity index (χ0n) is 15.7. The predicted octanol–water partition coefficient (Wildman–Crippen LogP) is 5.29. The van der Waals surface area contributed by atoms with Gasteiger partial charge in [-0.1, -0.05) is 6.07 Å². The maximum Gasteiger partial charge on any atom is 0.416 e. The Labute approximate surface area is 176 Å². The van der Waals surface area contributed by atoms with Crippen LogP contribution >= 0.6 is 11.3 Å². The second kappa shape index (κ2) is 8.80. The van der Waals surface area contributed by atoms with Crippen LogP contribution in [0.4, 0.5) is 27.1 Å². The van der Waals surface area contributed by atoms with Crippen LogP contribution in [0.5, 0.6) is 0 Å². The van der Waals surface area contributed by atoms with Gasteiger partial charge < -0.3 is 4.74 Å². The Hall–Kier alpha value is -3.34. The number of carbonyl (C=O) groups excluding carboxylic acids is 2. The lowest BCUT2D eigenvalue weighted by atomic mass is 10.1. The van der Waals surface area contributed by atoms with E-state index in [9.17, 15) is 31.5 Å². The van der Waals surface area contributed by atoms with Crippen molar-refractivity contribution in [2.45, 2.75) is 19.2 Å². The molecule has 1 atom stereocenters. The average molecular weight is 456 g/mol. The molecule has 0 unspecified atom stereocenters. The molecular formula is C20H13F5N2O3S. The molecule has 11 heteroatoms. The van der Waals surface area contributed by atoms with Crippen molar-refractivity contribution >= 4 is 28.3 Å². The summed E-state index contributed by atoms with van der Waals surface area (Å²) in [5.41, 5.74) is -0.802. The molecule has 1 amide bonds. The van der Waals surface area contributed by atoms with E-state index in [-0.39, 0.29) is 16.4 Å². The summed E-state index contributed by atoms with van der Waals surface area (Å²) in [4.78, 5) is 28.4. The summed E-state index contributed by atoms with van der Waals surface area (Å²) in [5.74, 6) is -3.93. The first-order chi connectivity index (χ1) is 14.5. The molecule has 0 fully saturated rings. The van der Waals surface area contributed by atoms with Crippen LogP contribution in [0, 0.1) is 11.6 Å². The van der Waals surface area contributed by atoms with E-state index in [4.69, 9.17) is 4.74 Å². The third-order valence-electron chi connectivity index (χ3n) is 4.03. The van der Waals surface area contributed by atoms with Gasteiger partial charge in [-0.05, 0) is 43.3 Å². The number of carbonyl (C=O) groups is 2. The second-order valence-corrected chi connectivity index (χ2v) is 7.14. The van der Waals surface area contributed by atoms with Crippen LogP contribution < -0.4 is 5.32 Å². The molecule has 0 saturated carbocycles. The minimum Gasteiger partial charge on any atom is -0.449 e. The molecule has 0 aliphatic carbocycles. The molecule has 5 nitrogen and oxygen atoms in total. The van der Waals surface area contributed by atoms with Crippen molar-refractivity contribution in [3.05, 3.63) is 70.6 Å². The van der Waals surface area contributed by atoms with E-state index < -0.39 is 41.4 Å². The van der Waals surface area contributed by atoms with Crippen LogP contribution in [-0.4, -0.2) is 23.0 Å². The Kier molecular flexibility index (Phi) is 6.34. The minimum atomic E-state index is -4.63. The lowest BCUT2D eigenvalue weighted by Crippen LogP contribution is -2.30. The molecule has 0 spiro atoms. The molecule has 1 aromatic heterocycles. The number of anilines is 1. The second-order valence-electron chi connectivity index (χ2n) is 6.28. The van der Waals surface area contributed by atoms with Gasteiger partial charge in [0.2, 0.25) is 0 Å². The molecule has 0 bridgehead atoms. The van der Waals surface area contributed by atoms with Gasteiger partial charge in [0.25, 0.3) is 5.91 Å². The largest absolute Gasteiger partial charge is 0.449 e. The summed E-state index contributed by atoms with van der Waals surface area (Å²) in [6.45, 7) is 1.24. The maximum absolute atomic E-state index is 13.4. The molecule has 0 aliphatic heterocycles. The summed E-state index contributed by atoms with van der Waals surface area (Å²) in [5, 5.41) is 4.00. The van der Waals surface area contributed by atoms with Crippen molar-refractivity contribution < 1.29 is 36.3 Å². The van der Waals surface area contributed by atoms with E-state index in [0.717, 1.165) is 41.7 Å². The molecule has 0 saturated heterocycles. The molecule has 1 heterocycles. The Balaban J connectivity index is 1.64. The Morgan fingerprint density at radius 1 is 1.10 bits per heavy atom. The van der Waals surface area contributed by atoms with Crippen molar-refractivity contribution in [2.24, 2.45) is 0 Å². The highest BCUT2D eigenvalue weighted by atomic mass is 32.1. The quantitative estimate of drug-likeness (QED) is 0.419. The lowest BCUT2D eigenvalue weighted by molar-refractivity contribution is -0.137. The van der Waals surface area contributed by atoms with Crippen molar-refractivity contribution in [1.29, 1.82) is 0 Å². The number of esters is 1. The third-order valence-corrected chi connectivity index (χ3v) is 4.79. The van der Waals surface area contributed by atoms with E-state index in [1.807, 2.05) is 0 Å². The summed E-state index contributed by atoms with van der Waals surface area (Å²) >= 11 is 0.995. The number of hydrogen-bond donors (Lipinski definition) is 1. The first-order valence-corrected chi connectivity index (χ1v) is 9.52. The van der Waals surface area contributed by atoms with Crippen LogP contribution in [-0.2, 0) is 15.7 Å². The lowest BCUT2D eigenvalue weighted by Gasteiger charge is -2.13. The van der Waals surface area contributed by atoms with E-state index in [1.165, 1.54) is 18.4 Å². The number of benzene rings is 2. The highest BCUT2D eigenvalue weighted by Gasteiger charge is 2.31. The molecule has 31 heavy (non-hydrogen) atoms. The molecule has 2 aromatic carbocycles. The highest BCUT2D eigenvalue weighted by Crippen LogP contribution is 2.30. The van der Waals surface area contributed by atoms with Crippen molar-refractivity contribution in [3.63, 3.8) is 0 Å². The van der Waals surface area contributed by atoms with Crippen LogP contribution in [0.3, 0.4) is 0 Å². The van der Waals surface area contributed by atoms with Gasteiger partial charge in [0, 0.05) is 10.9 Å². The fraction of sp³-hybridized carbons (Fsp3) is 0.150. The zero-order chi connectivity index (χ0) is 22.8. The monoisotopic (exact) mass is 456 g/mol. The van der Waals surface area contributed by atoms with E-state index in [1.54, 1.807) is 0 Å². The smallest absolute Gasteiger partial charge is 0.416 e. The Morgan fingerprint density at radius 3 is 2.52 bits per heavy atom. The number of aromatic nitrogens is 1. The fourth-order valence-electron chi connectivity index (χ4n) is 2.43. The normalized spacial score (nSPS) is 12.3. The summed E-state index contributed by atoms with van der Waals surface area (Å²) in [6.07, 6.45) is -5.97. The first-order valence-electron chi connectivity index (χ1n) is 8.64. The van der Waals surface area contributed by atoms with Gasteiger partial charge in [0.15, 0.2) is 22.9 Å². The zero-order valence-corrected chi connectivity index (χ0v) is 16.5. The van der Waals surface area contributed by atoms with Crippen LogP contribution in [0.25, 0.3) is 11.3 Å².